The highest BCUT2D eigenvalue weighted by Crippen LogP contribution is 2.63. The lowest BCUT2D eigenvalue weighted by Crippen LogP contribution is -2.40. The topological polar surface area (TPSA) is 46.5 Å². The van der Waals surface area contributed by atoms with Crippen LogP contribution in [0.2, 0.25) is 0 Å². The zero-order valence-electron chi connectivity index (χ0n) is 16.9. The van der Waals surface area contributed by atoms with Gasteiger partial charge in [0.15, 0.2) is 0 Å². The summed E-state index contributed by atoms with van der Waals surface area (Å²) in [7, 11) is 0. The second-order valence-corrected chi connectivity index (χ2v) is 8.87. The number of benzene rings is 1. The summed E-state index contributed by atoms with van der Waals surface area (Å²) < 4.78 is 5.18. The van der Waals surface area contributed by atoms with E-state index in [0.29, 0.717) is 30.1 Å². The summed E-state index contributed by atoms with van der Waals surface area (Å²) in [5, 5.41) is 10.3. The summed E-state index contributed by atoms with van der Waals surface area (Å²) >= 11 is 0. The monoisotopic (exact) mass is 368 g/mol. The molecular formula is C24H32O3. The quantitative estimate of drug-likeness (QED) is 0.582. The first kappa shape index (κ1) is 18.6. The van der Waals surface area contributed by atoms with Gasteiger partial charge in [-0.3, -0.25) is 0 Å². The highest BCUT2D eigenvalue weighted by atomic mass is 16.5. The molecule has 4 atom stereocenters. The minimum Gasteiger partial charge on any atom is -0.508 e. The normalized spacial score (nSPS) is 33.3. The van der Waals surface area contributed by atoms with E-state index in [1.807, 2.05) is 13.0 Å². The molecule has 0 radical (unpaired) electrons. The van der Waals surface area contributed by atoms with Crippen molar-refractivity contribution in [1.29, 1.82) is 0 Å². The van der Waals surface area contributed by atoms with E-state index in [1.54, 1.807) is 6.08 Å². The molecule has 0 bridgehead atoms. The van der Waals surface area contributed by atoms with Gasteiger partial charge in [0.1, 0.15) is 5.75 Å². The molecule has 0 saturated heterocycles. The van der Waals surface area contributed by atoms with Crippen molar-refractivity contribution < 1.29 is 14.6 Å². The summed E-state index contributed by atoms with van der Waals surface area (Å²) in [6.45, 7) is 6.80. The van der Waals surface area contributed by atoms with Crippen LogP contribution in [0.3, 0.4) is 0 Å². The van der Waals surface area contributed by atoms with Crippen molar-refractivity contribution >= 4 is 5.97 Å². The average molecular weight is 369 g/mol. The van der Waals surface area contributed by atoms with Gasteiger partial charge in [-0.15, -0.1) is 0 Å². The molecule has 27 heavy (non-hydrogen) atoms. The number of ether oxygens (including phenoxy) is 1. The fourth-order valence-electron chi connectivity index (χ4n) is 6.35. The first-order valence-corrected chi connectivity index (χ1v) is 10.7. The van der Waals surface area contributed by atoms with Gasteiger partial charge in [0.2, 0.25) is 0 Å². The van der Waals surface area contributed by atoms with E-state index in [-0.39, 0.29) is 11.4 Å². The van der Waals surface area contributed by atoms with Crippen molar-refractivity contribution in [1.82, 2.24) is 0 Å². The first-order chi connectivity index (χ1) is 13.0. The zero-order valence-corrected chi connectivity index (χ0v) is 16.9. The van der Waals surface area contributed by atoms with Crippen LogP contribution in [0.15, 0.2) is 23.8 Å². The lowest BCUT2D eigenvalue weighted by atomic mass is 9.55. The van der Waals surface area contributed by atoms with Crippen LogP contribution in [0.25, 0.3) is 0 Å². The molecular weight excluding hydrogens is 336 g/mol. The third kappa shape index (κ3) is 2.99. The van der Waals surface area contributed by atoms with Gasteiger partial charge in [-0.2, -0.15) is 0 Å². The number of carbonyl (C=O) groups excluding carboxylic acids is 1. The Morgan fingerprint density at radius 2 is 2.07 bits per heavy atom. The molecule has 1 N–H and O–H groups in total. The second kappa shape index (κ2) is 7.00. The maximum absolute atomic E-state index is 12.0. The van der Waals surface area contributed by atoms with Crippen LogP contribution in [-0.4, -0.2) is 17.7 Å². The number of hydrogen-bond donors (Lipinski definition) is 1. The Balaban J connectivity index is 1.64. The molecule has 0 aliphatic heterocycles. The molecule has 2 fully saturated rings. The molecule has 0 spiro atoms. The van der Waals surface area contributed by atoms with Crippen LogP contribution in [0.5, 0.6) is 5.75 Å². The third-order valence-electron chi connectivity index (χ3n) is 7.73. The summed E-state index contributed by atoms with van der Waals surface area (Å²) in [6.07, 6.45) is 9.50. The number of fused-ring (bicyclic) bond motifs is 5. The smallest absolute Gasteiger partial charge is 0.330 e. The Labute approximate surface area is 162 Å². The number of hydrogen-bond acceptors (Lipinski definition) is 3. The molecule has 2 saturated carbocycles. The number of carbonyl (C=O) groups is 1. The van der Waals surface area contributed by atoms with Crippen molar-refractivity contribution in [3.63, 3.8) is 0 Å². The molecule has 1 aromatic carbocycles. The van der Waals surface area contributed by atoms with E-state index < -0.39 is 0 Å². The van der Waals surface area contributed by atoms with E-state index in [9.17, 15) is 9.90 Å². The van der Waals surface area contributed by atoms with Gasteiger partial charge in [-0.1, -0.05) is 25.5 Å². The fourth-order valence-corrected chi connectivity index (χ4v) is 6.35. The third-order valence-corrected chi connectivity index (χ3v) is 7.73. The number of rotatable bonds is 3. The van der Waals surface area contributed by atoms with Gasteiger partial charge < -0.3 is 9.84 Å². The molecule has 0 unspecified atom stereocenters. The van der Waals surface area contributed by atoms with Crippen molar-refractivity contribution in [3.8, 4) is 5.75 Å². The Hall–Kier alpha value is -1.77. The highest BCUT2D eigenvalue weighted by Gasteiger charge is 2.52. The standard InChI is InChI=1S/C24H32O3/c1-4-15-12-20-16(13-22(15)25)6-8-19-18(20)10-11-24(3)17(7-9-21(19)24)14-23(26)27-5-2/h12-14,18-19,21,25H,4-11H2,1-3H3/b17-14+/t18-,19+,21-,24+/m0/s1. The molecule has 3 aliphatic carbocycles. The minimum atomic E-state index is -0.173. The minimum absolute atomic E-state index is 0.149. The molecule has 3 nitrogen and oxygen atoms in total. The molecule has 3 aliphatic rings. The lowest BCUT2D eigenvalue weighted by molar-refractivity contribution is -0.137. The van der Waals surface area contributed by atoms with Crippen molar-refractivity contribution in [2.24, 2.45) is 17.3 Å². The zero-order chi connectivity index (χ0) is 19.2. The fraction of sp³-hybridized carbons (Fsp3) is 0.625. The maximum atomic E-state index is 12.0. The predicted octanol–water partition coefficient (Wildman–Crippen LogP) is 5.30. The number of phenolic OH excluding ortho intramolecular Hbond substituents is 1. The largest absolute Gasteiger partial charge is 0.508 e. The maximum Gasteiger partial charge on any atom is 0.330 e. The van der Waals surface area contributed by atoms with Gasteiger partial charge in [0.25, 0.3) is 0 Å². The van der Waals surface area contributed by atoms with Crippen LogP contribution in [-0.2, 0) is 22.4 Å². The Bertz CT molecular complexity index is 778. The van der Waals surface area contributed by atoms with Crippen LogP contribution in [0.1, 0.15) is 75.5 Å². The van der Waals surface area contributed by atoms with Crippen LogP contribution >= 0.6 is 0 Å². The van der Waals surface area contributed by atoms with E-state index in [2.05, 4.69) is 19.9 Å². The van der Waals surface area contributed by atoms with Gasteiger partial charge >= 0.3 is 5.97 Å². The number of aryl methyl sites for hydroxylation is 2. The predicted molar refractivity (Wildman–Crippen MR) is 107 cm³/mol. The molecule has 4 rings (SSSR count). The highest BCUT2D eigenvalue weighted by molar-refractivity contribution is 5.83. The molecule has 0 heterocycles. The van der Waals surface area contributed by atoms with E-state index in [1.165, 1.54) is 36.0 Å². The number of phenols is 1. The molecule has 1 aromatic rings. The Kier molecular flexibility index (Phi) is 4.82. The number of aromatic hydroxyl groups is 1. The van der Waals surface area contributed by atoms with Crippen LogP contribution in [0.4, 0.5) is 0 Å². The van der Waals surface area contributed by atoms with E-state index >= 15 is 0 Å². The summed E-state index contributed by atoms with van der Waals surface area (Å²) in [4.78, 5) is 12.0. The van der Waals surface area contributed by atoms with E-state index in [0.717, 1.165) is 31.2 Å². The van der Waals surface area contributed by atoms with Crippen molar-refractivity contribution in [3.05, 3.63) is 40.5 Å². The van der Waals surface area contributed by atoms with Gasteiger partial charge in [0, 0.05) is 6.08 Å². The summed E-state index contributed by atoms with van der Waals surface area (Å²) in [5.74, 6) is 2.26. The molecule has 146 valence electrons. The van der Waals surface area contributed by atoms with Gasteiger partial charge in [-0.05, 0) is 97.8 Å². The first-order valence-electron chi connectivity index (χ1n) is 10.7. The van der Waals surface area contributed by atoms with Gasteiger partial charge in [0.05, 0.1) is 6.61 Å². The SMILES string of the molecule is CCOC(=O)/C=C1\CC[C@H]2[C@@H]3CCc4cc(O)c(CC)cc4[C@H]3CC[C@]12C. The van der Waals surface area contributed by atoms with Crippen molar-refractivity contribution in [2.75, 3.05) is 6.61 Å². The molecule has 3 heteroatoms. The van der Waals surface area contributed by atoms with Crippen LogP contribution < -0.4 is 0 Å². The van der Waals surface area contributed by atoms with Gasteiger partial charge in [-0.25, -0.2) is 4.79 Å². The van der Waals surface area contributed by atoms with Crippen molar-refractivity contribution in [2.45, 2.75) is 71.6 Å². The number of allylic oxidation sites excluding steroid dienone is 1. The number of esters is 1. The molecule has 0 amide bonds. The average Bonchev–Trinajstić information content (AvgIpc) is 2.97. The molecule has 0 aromatic heterocycles. The lowest BCUT2D eigenvalue weighted by Gasteiger charge is -2.49. The Morgan fingerprint density at radius 3 is 2.81 bits per heavy atom. The second-order valence-electron chi connectivity index (χ2n) is 8.87. The summed E-state index contributed by atoms with van der Waals surface area (Å²) in [5.41, 5.74) is 5.39. The summed E-state index contributed by atoms with van der Waals surface area (Å²) in [6, 6.07) is 4.31. The Morgan fingerprint density at radius 1 is 1.26 bits per heavy atom. The van der Waals surface area contributed by atoms with E-state index in [4.69, 9.17) is 4.74 Å². The van der Waals surface area contributed by atoms with Crippen LogP contribution in [0, 0.1) is 17.3 Å².